The minimum atomic E-state index is -0.140. The smallest absolute Gasteiger partial charge is 0.269 e. The predicted molar refractivity (Wildman–Crippen MR) is 91.4 cm³/mol. The van der Waals surface area contributed by atoms with Crippen LogP contribution >= 0.6 is 11.3 Å². The summed E-state index contributed by atoms with van der Waals surface area (Å²) in [5.41, 5.74) is 4.25. The highest BCUT2D eigenvalue weighted by atomic mass is 32.1. The van der Waals surface area contributed by atoms with Crippen LogP contribution in [0.2, 0.25) is 0 Å². The average molecular weight is 320 g/mol. The van der Waals surface area contributed by atoms with Gasteiger partial charge >= 0.3 is 0 Å². The maximum atomic E-state index is 12.4. The molecule has 0 bridgehead atoms. The molecule has 4 aromatic rings. The fraction of sp³-hybridized carbons (Fsp3) is 0.0588. The Kier molecular flexibility index (Phi) is 3.24. The lowest BCUT2D eigenvalue weighted by Gasteiger charge is -2.04. The van der Waals surface area contributed by atoms with Crippen molar-refractivity contribution in [2.45, 2.75) is 6.92 Å². The molecule has 23 heavy (non-hydrogen) atoms. The van der Waals surface area contributed by atoms with Gasteiger partial charge in [0.15, 0.2) is 5.82 Å². The number of fused-ring (bicyclic) bond motifs is 1. The molecular weight excluding hydrogens is 308 g/mol. The van der Waals surface area contributed by atoms with Gasteiger partial charge in [-0.1, -0.05) is 6.07 Å². The van der Waals surface area contributed by atoms with Crippen molar-refractivity contribution >= 4 is 21.6 Å². The summed E-state index contributed by atoms with van der Waals surface area (Å²) in [4.78, 5) is 28.2. The third-order valence-corrected chi connectivity index (χ3v) is 4.61. The highest BCUT2D eigenvalue weighted by molar-refractivity contribution is 7.17. The summed E-state index contributed by atoms with van der Waals surface area (Å²) in [5.74, 6) is 0.481. The van der Waals surface area contributed by atoms with Gasteiger partial charge in [-0.25, -0.2) is 4.98 Å². The third kappa shape index (κ3) is 2.33. The maximum Gasteiger partial charge on any atom is 0.269 e. The Morgan fingerprint density at radius 1 is 1.13 bits per heavy atom. The van der Waals surface area contributed by atoms with E-state index in [-0.39, 0.29) is 5.56 Å². The number of rotatable bonds is 2. The van der Waals surface area contributed by atoms with Crippen LogP contribution in [0.1, 0.15) is 5.56 Å². The highest BCUT2D eigenvalue weighted by Crippen LogP contribution is 2.33. The van der Waals surface area contributed by atoms with Gasteiger partial charge in [0.2, 0.25) is 0 Å². The Morgan fingerprint density at radius 2 is 2.04 bits per heavy atom. The lowest BCUT2D eigenvalue weighted by Crippen LogP contribution is -2.08. The highest BCUT2D eigenvalue weighted by Gasteiger charge is 2.14. The molecule has 4 heterocycles. The minimum absolute atomic E-state index is 0.140. The Morgan fingerprint density at radius 3 is 2.83 bits per heavy atom. The van der Waals surface area contributed by atoms with Crippen molar-refractivity contribution in [1.29, 1.82) is 0 Å². The van der Waals surface area contributed by atoms with Crippen molar-refractivity contribution in [2.75, 3.05) is 0 Å². The molecule has 0 radical (unpaired) electrons. The van der Waals surface area contributed by atoms with Crippen molar-refractivity contribution in [3.8, 4) is 22.6 Å². The minimum Gasteiger partial charge on any atom is -0.304 e. The summed E-state index contributed by atoms with van der Waals surface area (Å²) in [6, 6.07) is 7.47. The van der Waals surface area contributed by atoms with E-state index in [1.807, 2.05) is 42.8 Å². The monoisotopic (exact) mass is 320 g/mol. The molecular formula is C17H12N4OS. The molecule has 0 spiro atoms. The second-order valence-electron chi connectivity index (χ2n) is 5.15. The zero-order valence-corrected chi connectivity index (χ0v) is 13.1. The molecule has 0 saturated heterocycles. The number of thiophene rings is 1. The van der Waals surface area contributed by atoms with E-state index in [2.05, 4.69) is 19.9 Å². The number of hydrogen-bond donors (Lipinski definition) is 1. The average Bonchev–Trinajstić information content (AvgIpc) is 3.00. The van der Waals surface area contributed by atoms with Gasteiger partial charge in [0.1, 0.15) is 10.4 Å². The Balaban J connectivity index is 2.00. The van der Waals surface area contributed by atoms with Crippen LogP contribution < -0.4 is 5.56 Å². The molecule has 0 aliphatic heterocycles. The van der Waals surface area contributed by atoms with E-state index in [0.717, 1.165) is 16.7 Å². The van der Waals surface area contributed by atoms with Crippen LogP contribution in [0.25, 0.3) is 32.9 Å². The fourth-order valence-electron chi connectivity index (χ4n) is 2.52. The number of aryl methyl sites for hydroxylation is 1. The van der Waals surface area contributed by atoms with Crippen LogP contribution in [-0.2, 0) is 0 Å². The molecule has 0 aromatic carbocycles. The molecule has 0 atom stereocenters. The zero-order valence-electron chi connectivity index (χ0n) is 12.3. The van der Waals surface area contributed by atoms with Crippen molar-refractivity contribution in [3.63, 3.8) is 0 Å². The van der Waals surface area contributed by atoms with Gasteiger partial charge in [0, 0.05) is 29.5 Å². The van der Waals surface area contributed by atoms with Crippen LogP contribution in [0.5, 0.6) is 0 Å². The summed E-state index contributed by atoms with van der Waals surface area (Å²) in [7, 11) is 0. The van der Waals surface area contributed by atoms with Crippen LogP contribution in [0, 0.1) is 6.92 Å². The molecule has 1 N–H and O–H groups in total. The SMILES string of the molecule is Cc1cnccc1-c1csc2c(=O)[nH]c(-c3ccccn3)nc12. The molecule has 0 saturated carbocycles. The van der Waals surface area contributed by atoms with Gasteiger partial charge < -0.3 is 4.98 Å². The number of H-pyrrole nitrogens is 1. The van der Waals surface area contributed by atoms with Gasteiger partial charge in [-0.05, 0) is 36.2 Å². The summed E-state index contributed by atoms with van der Waals surface area (Å²) >= 11 is 1.40. The number of pyridine rings is 2. The van der Waals surface area contributed by atoms with Gasteiger partial charge in [-0.2, -0.15) is 0 Å². The summed E-state index contributed by atoms with van der Waals surface area (Å²) in [6.07, 6.45) is 5.24. The largest absolute Gasteiger partial charge is 0.304 e. The first kappa shape index (κ1) is 13.8. The van der Waals surface area contributed by atoms with Crippen LogP contribution in [0.15, 0.2) is 53.0 Å². The number of nitrogens with one attached hydrogen (secondary N) is 1. The molecule has 0 fully saturated rings. The van der Waals surface area contributed by atoms with E-state index in [1.165, 1.54) is 11.3 Å². The Hall–Kier alpha value is -2.86. The molecule has 0 amide bonds. The summed E-state index contributed by atoms with van der Waals surface area (Å²) in [6.45, 7) is 2.00. The van der Waals surface area contributed by atoms with Gasteiger partial charge in [0.05, 0.1) is 5.52 Å². The fourth-order valence-corrected chi connectivity index (χ4v) is 3.42. The molecule has 6 heteroatoms. The lowest BCUT2D eigenvalue weighted by atomic mass is 10.0. The number of aromatic amines is 1. The van der Waals surface area contributed by atoms with E-state index >= 15 is 0 Å². The summed E-state index contributed by atoms with van der Waals surface area (Å²) < 4.78 is 0.621. The molecule has 0 aliphatic rings. The molecule has 5 nitrogen and oxygen atoms in total. The van der Waals surface area contributed by atoms with E-state index < -0.39 is 0 Å². The first-order valence-corrected chi connectivity index (χ1v) is 7.96. The van der Waals surface area contributed by atoms with Crippen molar-refractivity contribution in [1.82, 2.24) is 19.9 Å². The quantitative estimate of drug-likeness (QED) is 0.614. The Labute approximate surface area is 135 Å². The normalized spacial score (nSPS) is 11.0. The second kappa shape index (κ2) is 5.40. The zero-order chi connectivity index (χ0) is 15.8. The Bertz CT molecular complexity index is 1050. The standard InChI is InChI=1S/C17H12N4OS/c1-10-8-18-7-5-11(10)12-9-23-15-14(12)20-16(21-17(15)22)13-4-2-3-6-19-13/h2-9H,1H3,(H,20,21,22). The maximum absolute atomic E-state index is 12.4. The lowest BCUT2D eigenvalue weighted by molar-refractivity contribution is 1.15. The summed E-state index contributed by atoms with van der Waals surface area (Å²) in [5, 5.41) is 1.97. The van der Waals surface area contributed by atoms with E-state index in [4.69, 9.17) is 0 Å². The van der Waals surface area contributed by atoms with Gasteiger partial charge in [-0.3, -0.25) is 14.8 Å². The first-order chi connectivity index (χ1) is 11.2. The molecule has 4 rings (SSSR count). The molecule has 112 valence electrons. The van der Waals surface area contributed by atoms with Crippen LogP contribution in [-0.4, -0.2) is 19.9 Å². The predicted octanol–water partition coefficient (Wildman–Crippen LogP) is 3.42. The topological polar surface area (TPSA) is 71.5 Å². The van der Waals surface area contributed by atoms with Crippen molar-refractivity contribution in [2.24, 2.45) is 0 Å². The first-order valence-electron chi connectivity index (χ1n) is 7.08. The van der Waals surface area contributed by atoms with E-state index in [0.29, 0.717) is 21.7 Å². The molecule has 0 unspecified atom stereocenters. The van der Waals surface area contributed by atoms with E-state index in [1.54, 1.807) is 12.4 Å². The molecule has 0 aliphatic carbocycles. The third-order valence-electron chi connectivity index (χ3n) is 3.64. The number of nitrogens with zero attached hydrogens (tertiary/aromatic N) is 3. The van der Waals surface area contributed by atoms with Crippen LogP contribution in [0.4, 0.5) is 0 Å². The second-order valence-corrected chi connectivity index (χ2v) is 6.03. The number of aromatic nitrogens is 4. The van der Waals surface area contributed by atoms with Gasteiger partial charge in [-0.15, -0.1) is 11.3 Å². The molecule has 4 aromatic heterocycles. The van der Waals surface area contributed by atoms with Gasteiger partial charge in [0.25, 0.3) is 5.56 Å². The van der Waals surface area contributed by atoms with Crippen molar-refractivity contribution < 1.29 is 0 Å². The number of hydrogen-bond acceptors (Lipinski definition) is 5. The van der Waals surface area contributed by atoms with Crippen LogP contribution in [0.3, 0.4) is 0 Å². The van der Waals surface area contributed by atoms with Crippen molar-refractivity contribution in [3.05, 3.63) is 64.2 Å². The van der Waals surface area contributed by atoms with E-state index in [9.17, 15) is 4.79 Å².